The van der Waals surface area contributed by atoms with E-state index in [1.165, 1.54) is 16.8 Å². The summed E-state index contributed by atoms with van der Waals surface area (Å²) in [5.41, 5.74) is 9.83. The van der Waals surface area contributed by atoms with Crippen molar-refractivity contribution in [3.63, 3.8) is 0 Å². The molecule has 102 valence electrons. The van der Waals surface area contributed by atoms with Gasteiger partial charge in [0.25, 0.3) is 0 Å². The molecule has 0 bridgehead atoms. The van der Waals surface area contributed by atoms with Crippen LogP contribution in [-0.4, -0.2) is 45.2 Å². The summed E-state index contributed by atoms with van der Waals surface area (Å²) in [6.45, 7) is 6.33. The molecule has 0 fully saturated rings. The molecular weight excluding hydrogens is 222 g/mol. The molecule has 3 nitrogen and oxygen atoms in total. The van der Waals surface area contributed by atoms with E-state index in [-0.39, 0.29) is 6.04 Å². The highest BCUT2D eigenvalue weighted by Gasteiger charge is 2.06. The molecule has 0 aliphatic rings. The van der Waals surface area contributed by atoms with Gasteiger partial charge in [-0.25, -0.2) is 0 Å². The molecule has 0 aliphatic carbocycles. The number of likely N-dealkylation sites (N-methyl/N-ethyl adjacent to an activating group) is 2. The van der Waals surface area contributed by atoms with Gasteiger partial charge in [-0.05, 0) is 57.6 Å². The lowest BCUT2D eigenvalue weighted by Gasteiger charge is -2.22. The second-order valence-corrected chi connectivity index (χ2v) is 5.52. The molecule has 1 atom stereocenters. The molecule has 0 saturated carbocycles. The van der Waals surface area contributed by atoms with Gasteiger partial charge in [0.15, 0.2) is 0 Å². The maximum absolute atomic E-state index is 5.86. The fourth-order valence-corrected chi connectivity index (χ4v) is 1.97. The van der Waals surface area contributed by atoms with Crippen molar-refractivity contribution in [3.8, 4) is 0 Å². The first-order valence-electron chi connectivity index (χ1n) is 6.61. The van der Waals surface area contributed by atoms with E-state index in [1.54, 1.807) is 0 Å². The Kier molecular flexibility index (Phi) is 5.63. The minimum atomic E-state index is 0.223. The summed E-state index contributed by atoms with van der Waals surface area (Å²) in [4.78, 5) is 4.50. The molecule has 0 spiro atoms. The molecule has 0 heterocycles. The highest BCUT2D eigenvalue weighted by Crippen LogP contribution is 2.19. The summed E-state index contributed by atoms with van der Waals surface area (Å²) in [6, 6.07) is 6.88. The second-order valence-electron chi connectivity index (χ2n) is 5.52. The van der Waals surface area contributed by atoms with Crippen molar-refractivity contribution < 1.29 is 0 Å². The minimum Gasteiger partial charge on any atom is -0.373 e. The summed E-state index contributed by atoms with van der Waals surface area (Å²) in [7, 11) is 6.35. The molecule has 1 aromatic carbocycles. The average Bonchev–Trinajstić information content (AvgIpc) is 2.28. The summed E-state index contributed by atoms with van der Waals surface area (Å²) in [5, 5.41) is 0. The van der Waals surface area contributed by atoms with Crippen molar-refractivity contribution in [1.82, 2.24) is 4.90 Å². The summed E-state index contributed by atoms with van der Waals surface area (Å²) < 4.78 is 0. The average molecular weight is 249 g/mol. The monoisotopic (exact) mass is 249 g/mol. The first kappa shape index (κ1) is 15.0. The van der Waals surface area contributed by atoms with E-state index < -0.39 is 0 Å². The van der Waals surface area contributed by atoms with Crippen LogP contribution in [0.1, 0.15) is 18.1 Å². The minimum absolute atomic E-state index is 0.223. The van der Waals surface area contributed by atoms with Gasteiger partial charge in [-0.1, -0.05) is 6.07 Å². The lowest BCUT2D eigenvalue weighted by molar-refractivity contribution is 0.416. The predicted octanol–water partition coefficient (Wildman–Crippen LogP) is 1.88. The van der Waals surface area contributed by atoms with E-state index in [0.29, 0.717) is 0 Å². The molecule has 1 rings (SSSR count). The number of rotatable bonds is 6. The zero-order valence-corrected chi connectivity index (χ0v) is 12.4. The Hall–Kier alpha value is -1.06. The highest BCUT2D eigenvalue weighted by atomic mass is 15.1. The van der Waals surface area contributed by atoms with Crippen LogP contribution < -0.4 is 10.6 Å². The van der Waals surface area contributed by atoms with Crippen LogP contribution in [0.2, 0.25) is 0 Å². The zero-order chi connectivity index (χ0) is 13.7. The van der Waals surface area contributed by atoms with Crippen molar-refractivity contribution >= 4 is 5.69 Å². The van der Waals surface area contributed by atoms with Gasteiger partial charge >= 0.3 is 0 Å². The number of hydrogen-bond donors (Lipinski definition) is 1. The summed E-state index contributed by atoms with van der Waals surface area (Å²) >= 11 is 0. The van der Waals surface area contributed by atoms with Gasteiger partial charge < -0.3 is 15.5 Å². The van der Waals surface area contributed by atoms with Crippen molar-refractivity contribution in [1.29, 1.82) is 0 Å². The lowest BCUT2D eigenvalue weighted by Crippen LogP contribution is -2.28. The molecule has 0 radical (unpaired) electrons. The normalized spacial score (nSPS) is 12.8. The highest BCUT2D eigenvalue weighted by molar-refractivity contribution is 5.50. The maximum Gasteiger partial charge on any atom is 0.0366 e. The Balaban J connectivity index is 2.71. The number of nitrogens with two attached hydrogens (primary N) is 1. The van der Waals surface area contributed by atoms with Gasteiger partial charge in [-0.2, -0.15) is 0 Å². The van der Waals surface area contributed by atoms with E-state index >= 15 is 0 Å². The van der Waals surface area contributed by atoms with Gasteiger partial charge in [0, 0.05) is 31.9 Å². The van der Waals surface area contributed by atoms with Crippen LogP contribution >= 0.6 is 0 Å². The summed E-state index contributed by atoms with van der Waals surface area (Å²) in [5.74, 6) is 0. The Morgan fingerprint density at radius 1 is 1.17 bits per heavy atom. The van der Waals surface area contributed by atoms with Crippen LogP contribution in [0, 0.1) is 6.92 Å². The van der Waals surface area contributed by atoms with Crippen LogP contribution in [0.25, 0.3) is 0 Å². The van der Waals surface area contributed by atoms with Gasteiger partial charge in [0.1, 0.15) is 0 Å². The number of anilines is 1. The van der Waals surface area contributed by atoms with E-state index in [4.69, 9.17) is 5.73 Å². The molecule has 0 saturated heterocycles. The van der Waals surface area contributed by atoms with Crippen LogP contribution in [0.3, 0.4) is 0 Å². The van der Waals surface area contributed by atoms with Gasteiger partial charge in [0.05, 0.1) is 0 Å². The molecular formula is C15H27N3. The Morgan fingerprint density at radius 2 is 1.83 bits per heavy atom. The number of benzene rings is 1. The largest absolute Gasteiger partial charge is 0.373 e. The van der Waals surface area contributed by atoms with Gasteiger partial charge in [-0.3, -0.25) is 0 Å². The topological polar surface area (TPSA) is 32.5 Å². The van der Waals surface area contributed by atoms with E-state index in [2.05, 4.69) is 63.0 Å². The fourth-order valence-electron chi connectivity index (χ4n) is 1.97. The molecule has 0 aromatic heterocycles. The first-order chi connectivity index (χ1) is 8.40. The standard InChI is InChI=1S/C15H27N3/c1-12-10-15(18(5)9-8-17(3)4)7-6-14(12)11-13(2)16/h6-7,10,13H,8-9,11,16H2,1-5H3. The number of nitrogens with zero attached hydrogens (tertiary/aromatic N) is 2. The molecule has 1 aromatic rings. The van der Waals surface area contributed by atoms with Crippen molar-refractivity contribution in [2.75, 3.05) is 39.1 Å². The van der Waals surface area contributed by atoms with Crippen molar-refractivity contribution in [2.24, 2.45) is 5.73 Å². The van der Waals surface area contributed by atoms with Crippen LogP contribution in [0.5, 0.6) is 0 Å². The Labute approximate surface area is 112 Å². The Morgan fingerprint density at radius 3 is 2.33 bits per heavy atom. The molecule has 2 N–H and O–H groups in total. The second kappa shape index (κ2) is 6.76. The SMILES string of the molecule is Cc1cc(N(C)CCN(C)C)ccc1CC(C)N. The van der Waals surface area contributed by atoms with Crippen LogP contribution in [-0.2, 0) is 6.42 Å². The smallest absolute Gasteiger partial charge is 0.0366 e. The predicted molar refractivity (Wildman–Crippen MR) is 80.4 cm³/mol. The third-order valence-electron chi connectivity index (χ3n) is 3.19. The van der Waals surface area contributed by atoms with Crippen molar-refractivity contribution in [2.45, 2.75) is 26.3 Å². The van der Waals surface area contributed by atoms with Gasteiger partial charge in [0.2, 0.25) is 0 Å². The van der Waals surface area contributed by atoms with E-state index in [1.807, 2.05) is 0 Å². The third-order valence-corrected chi connectivity index (χ3v) is 3.19. The van der Waals surface area contributed by atoms with Crippen LogP contribution in [0.4, 0.5) is 5.69 Å². The van der Waals surface area contributed by atoms with E-state index in [0.717, 1.165) is 19.5 Å². The lowest BCUT2D eigenvalue weighted by atomic mass is 10.0. The van der Waals surface area contributed by atoms with E-state index in [9.17, 15) is 0 Å². The molecule has 3 heteroatoms. The molecule has 18 heavy (non-hydrogen) atoms. The number of aryl methyl sites for hydroxylation is 1. The number of hydrogen-bond acceptors (Lipinski definition) is 3. The Bertz CT molecular complexity index is 372. The quantitative estimate of drug-likeness (QED) is 0.835. The fraction of sp³-hybridized carbons (Fsp3) is 0.600. The third kappa shape index (κ3) is 4.67. The summed E-state index contributed by atoms with van der Waals surface area (Å²) in [6.07, 6.45) is 0.952. The molecule has 0 amide bonds. The zero-order valence-electron chi connectivity index (χ0n) is 12.4. The van der Waals surface area contributed by atoms with Crippen molar-refractivity contribution in [3.05, 3.63) is 29.3 Å². The maximum atomic E-state index is 5.86. The molecule has 0 aliphatic heterocycles. The van der Waals surface area contributed by atoms with Gasteiger partial charge in [-0.15, -0.1) is 0 Å². The van der Waals surface area contributed by atoms with Crippen LogP contribution in [0.15, 0.2) is 18.2 Å². The molecule has 1 unspecified atom stereocenters. The first-order valence-corrected chi connectivity index (χ1v) is 6.61.